The van der Waals surface area contributed by atoms with Crippen molar-refractivity contribution in [1.29, 1.82) is 5.26 Å². The minimum absolute atomic E-state index is 0.0199. The molecular weight excluding hydrogens is 370 g/mol. The third kappa shape index (κ3) is 3.02. The molecule has 0 spiro atoms. The van der Waals surface area contributed by atoms with E-state index < -0.39 is 20.0 Å². The number of ether oxygens (including phenoxy) is 1. The van der Waals surface area contributed by atoms with Crippen molar-refractivity contribution in [1.82, 2.24) is 14.6 Å². The van der Waals surface area contributed by atoms with Gasteiger partial charge < -0.3 is 14.9 Å². The first-order valence-electron chi connectivity index (χ1n) is 9.84. The monoisotopic (exact) mass is 401 g/mol. The zero-order chi connectivity index (χ0) is 20.9. The normalized spacial score (nSPS) is 28.6. The Balaban J connectivity index is 2.18. The van der Waals surface area contributed by atoms with E-state index in [9.17, 15) is 5.26 Å². The fourth-order valence-corrected chi connectivity index (χ4v) is 5.07. The molecule has 0 aromatic carbocycles. The number of fused-ring (bicyclic) bond motifs is 1. The Morgan fingerprint density at radius 2 is 2.07 bits per heavy atom. The fourth-order valence-electron chi connectivity index (χ4n) is 3.71. The third-order valence-electron chi connectivity index (χ3n) is 6.46. The Morgan fingerprint density at radius 3 is 2.64 bits per heavy atom. The molecule has 28 heavy (non-hydrogen) atoms. The van der Waals surface area contributed by atoms with Gasteiger partial charge in [-0.05, 0) is 36.7 Å². The summed E-state index contributed by atoms with van der Waals surface area (Å²) in [6, 6.07) is 6.15. The van der Waals surface area contributed by atoms with E-state index in [0.29, 0.717) is 17.0 Å². The zero-order valence-electron chi connectivity index (χ0n) is 17.9. The lowest BCUT2D eigenvalue weighted by atomic mass is 9.87. The molecular formula is C20H31N5O2Si. The van der Waals surface area contributed by atoms with Crippen LogP contribution in [0.15, 0.2) is 18.5 Å². The highest BCUT2D eigenvalue weighted by Crippen LogP contribution is 2.49. The van der Waals surface area contributed by atoms with E-state index in [-0.39, 0.29) is 17.1 Å². The van der Waals surface area contributed by atoms with Crippen molar-refractivity contribution < 1.29 is 9.16 Å². The van der Waals surface area contributed by atoms with Crippen LogP contribution in [0.25, 0.3) is 5.52 Å². The topological polar surface area (TPSA) is 98.5 Å². The highest BCUT2D eigenvalue weighted by atomic mass is 28.4. The molecule has 0 saturated carbocycles. The standard InChI is InChI=1S/C20H31N5O2Si/c1-8-15-13(2)17(27-28(6,7)19(3,4)5)20(11-21,26-15)16-10-9-14-18(22)23-12-24-25(14)16/h9-10,12-13,15,17H,8H2,1-7H3,(H2,22,23,24)/t13-,15-,17?,20+/m1/s1. The Hall–Kier alpha value is -1.95. The maximum Gasteiger partial charge on any atom is 0.222 e. The van der Waals surface area contributed by atoms with Gasteiger partial charge in [0.1, 0.15) is 17.9 Å². The molecule has 0 bridgehead atoms. The second-order valence-electron chi connectivity index (χ2n) is 9.23. The molecule has 152 valence electrons. The minimum Gasteiger partial charge on any atom is -0.409 e. The van der Waals surface area contributed by atoms with Crippen molar-refractivity contribution in [3.05, 3.63) is 24.2 Å². The Bertz CT molecular complexity index is 913. The lowest BCUT2D eigenvalue weighted by Crippen LogP contribution is -2.51. The van der Waals surface area contributed by atoms with Crippen LogP contribution in [0.1, 0.15) is 46.7 Å². The van der Waals surface area contributed by atoms with E-state index in [1.54, 1.807) is 4.52 Å². The first-order chi connectivity index (χ1) is 13.0. The second-order valence-corrected chi connectivity index (χ2v) is 14.0. The summed E-state index contributed by atoms with van der Waals surface area (Å²) in [6.07, 6.45) is 1.75. The molecule has 1 saturated heterocycles. The van der Waals surface area contributed by atoms with Gasteiger partial charge >= 0.3 is 0 Å². The van der Waals surface area contributed by atoms with Crippen molar-refractivity contribution >= 4 is 19.7 Å². The predicted molar refractivity (Wildman–Crippen MR) is 111 cm³/mol. The van der Waals surface area contributed by atoms with E-state index in [0.717, 1.165) is 6.42 Å². The van der Waals surface area contributed by atoms with Gasteiger partial charge in [0, 0.05) is 5.92 Å². The van der Waals surface area contributed by atoms with Crippen molar-refractivity contribution in [2.45, 2.75) is 77.0 Å². The molecule has 7 nitrogen and oxygen atoms in total. The number of hydrogen-bond acceptors (Lipinski definition) is 6. The molecule has 8 heteroatoms. The number of nitrogen functional groups attached to an aromatic ring is 1. The molecule has 2 aromatic rings. The van der Waals surface area contributed by atoms with Gasteiger partial charge in [0.15, 0.2) is 14.1 Å². The molecule has 1 fully saturated rings. The number of rotatable bonds is 4. The van der Waals surface area contributed by atoms with Gasteiger partial charge in [-0.1, -0.05) is 34.6 Å². The molecule has 2 N–H and O–H groups in total. The summed E-state index contributed by atoms with van der Waals surface area (Å²) in [5.74, 6) is 0.442. The van der Waals surface area contributed by atoms with Gasteiger partial charge in [-0.3, -0.25) is 0 Å². The first-order valence-corrected chi connectivity index (χ1v) is 12.7. The van der Waals surface area contributed by atoms with E-state index in [1.807, 2.05) is 12.1 Å². The first kappa shape index (κ1) is 20.8. The number of anilines is 1. The zero-order valence-corrected chi connectivity index (χ0v) is 18.9. The second kappa shape index (κ2) is 6.83. The molecule has 0 aliphatic carbocycles. The smallest absolute Gasteiger partial charge is 0.222 e. The highest BCUT2D eigenvalue weighted by molar-refractivity contribution is 6.74. The van der Waals surface area contributed by atoms with E-state index >= 15 is 0 Å². The van der Waals surface area contributed by atoms with Gasteiger partial charge in [0.2, 0.25) is 5.60 Å². The van der Waals surface area contributed by atoms with Crippen LogP contribution in [0.4, 0.5) is 5.82 Å². The average Bonchev–Trinajstić information content (AvgIpc) is 3.16. The third-order valence-corrected chi connectivity index (χ3v) is 10.9. The maximum atomic E-state index is 10.4. The van der Waals surface area contributed by atoms with Crippen LogP contribution >= 0.6 is 0 Å². The summed E-state index contributed by atoms with van der Waals surface area (Å²) in [5.41, 5.74) is 6.07. The van der Waals surface area contributed by atoms with Crippen LogP contribution in [0.3, 0.4) is 0 Å². The lowest BCUT2D eigenvalue weighted by Gasteiger charge is -2.42. The molecule has 3 heterocycles. The van der Waals surface area contributed by atoms with Crippen LogP contribution in [0.5, 0.6) is 0 Å². The Kier molecular flexibility index (Phi) is 5.07. The van der Waals surface area contributed by atoms with Gasteiger partial charge in [0.05, 0.1) is 17.9 Å². The molecule has 1 aliphatic heterocycles. The summed E-state index contributed by atoms with van der Waals surface area (Å²) < 4.78 is 14.9. The quantitative estimate of drug-likeness (QED) is 0.781. The summed E-state index contributed by atoms with van der Waals surface area (Å²) in [4.78, 5) is 4.05. The minimum atomic E-state index is -2.15. The van der Waals surface area contributed by atoms with E-state index in [2.05, 4.69) is 63.9 Å². The van der Waals surface area contributed by atoms with Crippen molar-refractivity contribution in [2.75, 3.05) is 5.73 Å². The van der Waals surface area contributed by atoms with Crippen molar-refractivity contribution in [2.24, 2.45) is 5.92 Å². The van der Waals surface area contributed by atoms with Gasteiger partial charge in [0.25, 0.3) is 0 Å². The maximum absolute atomic E-state index is 10.4. The van der Waals surface area contributed by atoms with Crippen molar-refractivity contribution in [3.63, 3.8) is 0 Å². The molecule has 0 amide bonds. The average molecular weight is 402 g/mol. The largest absolute Gasteiger partial charge is 0.409 e. The predicted octanol–water partition coefficient (Wildman–Crippen LogP) is 3.87. The van der Waals surface area contributed by atoms with Gasteiger partial charge in [-0.2, -0.15) is 10.4 Å². The molecule has 1 unspecified atom stereocenters. The number of nitrogens with zero attached hydrogens (tertiary/aromatic N) is 4. The van der Waals surface area contributed by atoms with Crippen LogP contribution in [0.2, 0.25) is 18.1 Å². The molecule has 4 atom stereocenters. The number of nitriles is 1. The molecule has 0 radical (unpaired) electrons. The highest BCUT2D eigenvalue weighted by Gasteiger charge is 2.59. The van der Waals surface area contributed by atoms with Crippen LogP contribution in [-0.4, -0.2) is 35.1 Å². The number of aromatic nitrogens is 3. The van der Waals surface area contributed by atoms with Crippen molar-refractivity contribution in [3.8, 4) is 6.07 Å². The molecule has 1 aliphatic rings. The van der Waals surface area contributed by atoms with Crippen LogP contribution in [-0.2, 0) is 14.8 Å². The van der Waals surface area contributed by atoms with Gasteiger partial charge in [-0.25, -0.2) is 9.50 Å². The van der Waals surface area contributed by atoms with Gasteiger partial charge in [-0.15, -0.1) is 0 Å². The fraction of sp³-hybridized carbons (Fsp3) is 0.650. The Labute approximate surface area is 168 Å². The molecule has 2 aromatic heterocycles. The van der Waals surface area contributed by atoms with Crippen LogP contribution < -0.4 is 5.73 Å². The van der Waals surface area contributed by atoms with Crippen LogP contribution in [0, 0.1) is 17.2 Å². The number of hydrogen-bond donors (Lipinski definition) is 1. The Morgan fingerprint density at radius 1 is 1.39 bits per heavy atom. The summed E-state index contributed by atoms with van der Waals surface area (Å²) in [7, 11) is -2.15. The van der Waals surface area contributed by atoms with E-state index in [1.165, 1.54) is 6.33 Å². The summed E-state index contributed by atoms with van der Waals surface area (Å²) >= 11 is 0. The SMILES string of the molecule is CC[C@H]1O[C@@](C#N)(c2ccc3c(N)ncnn23)C(O[Si](C)(C)C(C)(C)C)[C@@H]1C. The lowest BCUT2D eigenvalue weighted by molar-refractivity contribution is -0.0474. The molecule has 3 rings (SSSR count). The summed E-state index contributed by atoms with van der Waals surface area (Å²) in [5, 5.41) is 14.8. The summed E-state index contributed by atoms with van der Waals surface area (Å²) in [6.45, 7) is 15.2. The van der Waals surface area contributed by atoms with E-state index in [4.69, 9.17) is 14.9 Å². The number of nitrogens with two attached hydrogens (primary N) is 1.